The summed E-state index contributed by atoms with van der Waals surface area (Å²) in [5.74, 6) is 1.70. The fraction of sp³-hybridized carbons (Fsp3) is 0.526. The lowest BCUT2D eigenvalue weighted by Crippen LogP contribution is -1.98. The van der Waals surface area contributed by atoms with E-state index in [4.69, 9.17) is 16.3 Å². The molecule has 0 radical (unpaired) electrons. The van der Waals surface area contributed by atoms with Crippen molar-refractivity contribution in [2.75, 3.05) is 6.61 Å². The molecule has 0 aliphatic rings. The number of aryl methyl sites for hydroxylation is 1. The van der Waals surface area contributed by atoms with Crippen LogP contribution >= 0.6 is 11.6 Å². The largest absolute Gasteiger partial charge is 0.494 e. The second-order valence-electron chi connectivity index (χ2n) is 5.97. The maximum atomic E-state index is 6.37. The molecule has 1 aromatic heterocycles. The number of halogens is 1. The third-order valence-corrected chi connectivity index (χ3v) is 4.33. The van der Waals surface area contributed by atoms with Gasteiger partial charge in [0.2, 0.25) is 0 Å². The molecule has 3 nitrogen and oxygen atoms in total. The zero-order valence-electron chi connectivity index (χ0n) is 14.2. The van der Waals surface area contributed by atoms with Crippen LogP contribution in [0.25, 0.3) is 11.4 Å². The van der Waals surface area contributed by atoms with Gasteiger partial charge in [-0.15, -0.1) is 0 Å². The Morgan fingerprint density at radius 1 is 1.09 bits per heavy atom. The van der Waals surface area contributed by atoms with Gasteiger partial charge in [-0.2, -0.15) is 0 Å². The van der Waals surface area contributed by atoms with Crippen molar-refractivity contribution in [3.8, 4) is 17.1 Å². The molecule has 1 aromatic carbocycles. The molecule has 0 N–H and O–H groups in total. The normalized spacial score (nSPS) is 10.9. The first kappa shape index (κ1) is 17.9. The van der Waals surface area contributed by atoms with Crippen molar-refractivity contribution < 1.29 is 4.74 Å². The Hall–Kier alpha value is -1.48. The van der Waals surface area contributed by atoms with Gasteiger partial charge in [0.15, 0.2) is 0 Å². The van der Waals surface area contributed by atoms with Crippen LogP contribution < -0.4 is 4.74 Å². The molecule has 0 saturated carbocycles. The van der Waals surface area contributed by atoms with Gasteiger partial charge in [0.1, 0.15) is 11.6 Å². The average Bonchev–Trinajstić information content (AvgIpc) is 2.96. The van der Waals surface area contributed by atoms with Gasteiger partial charge in [-0.05, 0) is 24.6 Å². The van der Waals surface area contributed by atoms with Crippen molar-refractivity contribution in [3.05, 3.63) is 35.6 Å². The molecule has 0 spiro atoms. The molecule has 2 aromatic rings. The molecular weight excluding hydrogens is 308 g/mol. The zero-order chi connectivity index (χ0) is 16.5. The molecule has 0 fully saturated rings. The fourth-order valence-corrected chi connectivity index (χ4v) is 2.90. The van der Waals surface area contributed by atoms with E-state index in [1.165, 1.54) is 38.5 Å². The monoisotopic (exact) mass is 334 g/mol. The Morgan fingerprint density at radius 2 is 1.83 bits per heavy atom. The summed E-state index contributed by atoms with van der Waals surface area (Å²) in [6.07, 6.45) is 12.7. The Morgan fingerprint density at radius 3 is 2.48 bits per heavy atom. The van der Waals surface area contributed by atoms with Gasteiger partial charge in [0.25, 0.3) is 0 Å². The summed E-state index contributed by atoms with van der Waals surface area (Å²) in [6.45, 7) is 3.00. The molecule has 1 heterocycles. The number of imidazole rings is 1. The zero-order valence-corrected chi connectivity index (χ0v) is 15.0. The second-order valence-corrected chi connectivity index (χ2v) is 6.38. The van der Waals surface area contributed by atoms with Crippen molar-refractivity contribution in [1.29, 1.82) is 0 Å². The molecule has 2 rings (SSSR count). The highest BCUT2D eigenvalue weighted by molar-refractivity contribution is 6.33. The van der Waals surface area contributed by atoms with E-state index in [2.05, 4.69) is 11.9 Å². The molecule has 0 bridgehead atoms. The number of ether oxygens (including phenoxy) is 1. The van der Waals surface area contributed by atoms with Crippen LogP contribution in [0.1, 0.15) is 51.9 Å². The number of hydrogen-bond donors (Lipinski definition) is 0. The Bertz CT molecular complexity index is 595. The highest BCUT2D eigenvalue weighted by Crippen LogP contribution is 2.30. The highest BCUT2D eigenvalue weighted by atomic mass is 35.5. The lowest BCUT2D eigenvalue weighted by molar-refractivity contribution is 0.304. The van der Waals surface area contributed by atoms with Gasteiger partial charge in [0.05, 0.1) is 11.6 Å². The first-order valence-corrected chi connectivity index (χ1v) is 9.00. The first-order chi connectivity index (χ1) is 11.2. The summed E-state index contributed by atoms with van der Waals surface area (Å²) < 4.78 is 7.76. The van der Waals surface area contributed by atoms with Crippen molar-refractivity contribution in [2.45, 2.75) is 51.9 Å². The van der Waals surface area contributed by atoms with Crippen LogP contribution in [0.3, 0.4) is 0 Å². The smallest absolute Gasteiger partial charge is 0.141 e. The van der Waals surface area contributed by atoms with Gasteiger partial charge in [-0.25, -0.2) is 4.98 Å². The van der Waals surface area contributed by atoms with Gasteiger partial charge in [-0.1, -0.05) is 57.0 Å². The van der Waals surface area contributed by atoms with Gasteiger partial charge in [0, 0.05) is 25.0 Å². The number of rotatable bonds is 10. The summed E-state index contributed by atoms with van der Waals surface area (Å²) in [4.78, 5) is 4.33. The summed E-state index contributed by atoms with van der Waals surface area (Å²) in [6, 6.07) is 5.83. The quantitative estimate of drug-likeness (QED) is 0.508. The number of aromatic nitrogens is 2. The van der Waals surface area contributed by atoms with Gasteiger partial charge in [-0.3, -0.25) is 0 Å². The lowest BCUT2D eigenvalue weighted by atomic mass is 10.1. The standard InChI is InChI=1S/C19H27ClN2O/c1-3-4-5-6-7-8-9-14-23-16-10-11-17(18(20)15-16)19-21-12-13-22(19)2/h10-13,15H,3-9,14H2,1-2H3. The van der Waals surface area contributed by atoms with E-state index in [1.807, 2.05) is 36.0 Å². The molecule has 126 valence electrons. The van der Waals surface area contributed by atoms with E-state index in [9.17, 15) is 0 Å². The van der Waals surface area contributed by atoms with Crippen molar-refractivity contribution in [2.24, 2.45) is 7.05 Å². The first-order valence-electron chi connectivity index (χ1n) is 8.62. The number of hydrogen-bond acceptors (Lipinski definition) is 2. The minimum Gasteiger partial charge on any atom is -0.494 e. The summed E-state index contributed by atoms with van der Waals surface area (Å²) in [5.41, 5.74) is 0.933. The maximum absolute atomic E-state index is 6.37. The molecule has 0 amide bonds. The summed E-state index contributed by atoms with van der Waals surface area (Å²) in [5, 5.41) is 0.677. The second kappa shape index (κ2) is 9.61. The number of nitrogens with zero attached hydrogens (tertiary/aromatic N) is 2. The SMILES string of the molecule is CCCCCCCCCOc1ccc(-c2nccn2C)c(Cl)c1. The van der Waals surface area contributed by atoms with Crippen molar-refractivity contribution in [3.63, 3.8) is 0 Å². The fourth-order valence-electron chi connectivity index (χ4n) is 2.64. The van der Waals surface area contributed by atoms with Crippen molar-refractivity contribution in [1.82, 2.24) is 9.55 Å². The van der Waals surface area contributed by atoms with E-state index >= 15 is 0 Å². The number of unbranched alkanes of at least 4 members (excludes halogenated alkanes) is 6. The van der Waals surface area contributed by atoms with Crippen LogP contribution in [0.5, 0.6) is 5.75 Å². The topological polar surface area (TPSA) is 27.1 Å². The molecule has 0 aliphatic heterocycles. The van der Waals surface area contributed by atoms with Crippen LogP contribution in [0.15, 0.2) is 30.6 Å². The van der Waals surface area contributed by atoms with E-state index in [0.717, 1.165) is 30.2 Å². The third kappa shape index (κ3) is 5.58. The highest BCUT2D eigenvalue weighted by Gasteiger charge is 2.09. The Kier molecular flexibility index (Phi) is 7.47. The van der Waals surface area contributed by atoms with E-state index in [0.29, 0.717) is 5.02 Å². The van der Waals surface area contributed by atoms with E-state index < -0.39 is 0 Å². The van der Waals surface area contributed by atoms with Crippen LogP contribution in [0.4, 0.5) is 0 Å². The Labute approximate surface area is 144 Å². The van der Waals surface area contributed by atoms with Crippen molar-refractivity contribution >= 4 is 11.6 Å². The minimum atomic E-state index is 0.677. The lowest BCUT2D eigenvalue weighted by Gasteiger charge is -2.09. The molecule has 23 heavy (non-hydrogen) atoms. The Balaban J connectivity index is 1.75. The molecule has 4 heteroatoms. The summed E-state index contributed by atoms with van der Waals surface area (Å²) >= 11 is 6.37. The van der Waals surface area contributed by atoms with E-state index in [1.54, 1.807) is 6.20 Å². The van der Waals surface area contributed by atoms with E-state index in [-0.39, 0.29) is 0 Å². The molecule has 0 unspecified atom stereocenters. The van der Waals surface area contributed by atoms with Gasteiger partial charge >= 0.3 is 0 Å². The van der Waals surface area contributed by atoms with Crippen LogP contribution in [0.2, 0.25) is 5.02 Å². The predicted octanol–water partition coefficient (Wildman–Crippen LogP) is 5.87. The predicted molar refractivity (Wildman–Crippen MR) is 97.1 cm³/mol. The summed E-state index contributed by atoms with van der Waals surface area (Å²) in [7, 11) is 1.96. The number of benzene rings is 1. The molecule has 0 saturated heterocycles. The molecule has 0 atom stereocenters. The molecule has 0 aliphatic carbocycles. The molecular formula is C19H27ClN2O. The average molecular weight is 335 g/mol. The third-order valence-electron chi connectivity index (χ3n) is 4.02. The van der Waals surface area contributed by atoms with Gasteiger partial charge < -0.3 is 9.30 Å². The maximum Gasteiger partial charge on any atom is 0.141 e. The van der Waals surface area contributed by atoms with Crippen LogP contribution in [-0.2, 0) is 7.05 Å². The van der Waals surface area contributed by atoms with Crippen LogP contribution in [-0.4, -0.2) is 16.2 Å². The minimum absolute atomic E-state index is 0.677. The van der Waals surface area contributed by atoms with Crippen LogP contribution in [0, 0.1) is 0 Å².